The van der Waals surface area contributed by atoms with Crippen molar-refractivity contribution in [2.45, 2.75) is 18.7 Å². The van der Waals surface area contributed by atoms with Gasteiger partial charge < -0.3 is 5.73 Å². The van der Waals surface area contributed by atoms with Gasteiger partial charge in [0.25, 0.3) is 0 Å². The standard InChI is InChI=1S/C12H14N2S2/c1-3-15-10-6-4-9(5-7-10)11-12(13)16-8(2)14-11/h4-7H,3,13H2,1-2H3. The van der Waals surface area contributed by atoms with E-state index in [0.717, 1.165) is 27.0 Å². The number of thioether (sulfide) groups is 1. The van der Waals surface area contributed by atoms with Gasteiger partial charge in [-0.25, -0.2) is 4.98 Å². The number of hydrogen-bond acceptors (Lipinski definition) is 4. The predicted octanol–water partition coefficient (Wildman–Crippen LogP) is 3.81. The van der Waals surface area contributed by atoms with Crippen molar-refractivity contribution in [1.29, 1.82) is 0 Å². The van der Waals surface area contributed by atoms with E-state index in [9.17, 15) is 0 Å². The molecule has 84 valence electrons. The van der Waals surface area contributed by atoms with Crippen molar-refractivity contribution in [3.8, 4) is 11.3 Å². The summed E-state index contributed by atoms with van der Waals surface area (Å²) in [5.74, 6) is 1.09. The van der Waals surface area contributed by atoms with Gasteiger partial charge in [-0.05, 0) is 24.8 Å². The zero-order valence-electron chi connectivity index (χ0n) is 9.36. The van der Waals surface area contributed by atoms with Crippen LogP contribution in [-0.4, -0.2) is 10.7 Å². The van der Waals surface area contributed by atoms with Gasteiger partial charge >= 0.3 is 0 Å². The van der Waals surface area contributed by atoms with Crippen LogP contribution in [0.1, 0.15) is 11.9 Å². The molecule has 0 bridgehead atoms. The van der Waals surface area contributed by atoms with Crippen molar-refractivity contribution in [3.05, 3.63) is 29.3 Å². The SMILES string of the molecule is CCSc1ccc(-c2nc(C)sc2N)cc1. The monoisotopic (exact) mass is 250 g/mol. The first-order chi connectivity index (χ1) is 7.70. The highest BCUT2D eigenvalue weighted by atomic mass is 32.2. The molecule has 4 heteroatoms. The topological polar surface area (TPSA) is 38.9 Å². The van der Waals surface area contributed by atoms with E-state index < -0.39 is 0 Å². The van der Waals surface area contributed by atoms with Gasteiger partial charge in [0, 0.05) is 10.5 Å². The second-order valence-corrected chi connectivity index (χ2v) is 5.98. The highest BCUT2D eigenvalue weighted by Gasteiger charge is 2.07. The molecule has 2 aromatic rings. The Bertz CT molecular complexity index is 474. The Morgan fingerprint density at radius 3 is 2.50 bits per heavy atom. The molecule has 2 nitrogen and oxygen atoms in total. The number of anilines is 1. The third kappa shape index (κ3) is 2.39. The second kappa shape index (κ2) is 4.89. The summed E-state index contributed by atoms with van der Waals surface area (Å²) in [4.78, 5) is 5.73. The first-order valence-electron chi connectivity index (χ1n) is 5.17. The molecule has 0 aliphatic rings. The quantitative estimate of drug-likeness (QED) is 0.842. The average molecular weight is 250 g/mol. The first-order valence-corrected chi connectivity index (χ1v) is 6.97. The van der Waals surface area contributed by atoms with E-state index in [0.29, 0.717) is 0 Å². The van der Waals surface area contributed by atoms with Gasteiger partial charge in [0.15, 0.2) is 0 Å². The molecule has 0 aliphatic heterocycles. The molecule has 1 aromatic carbocycles. The summed E-state index contributed by atoms with van der Waals surface area (Å²) in [5.41, 5.74) is 7.93. The van der Waals surface area contributed by atoms with Crippen LogP contribution in [-0.2, 0) is 0 Å². The van der Waals surface area contributed by atoms with Crippen LogP contribution in [0.3, 0.4) is 0 Å². The van der Waals surface area contributed by atoms with Gasteiger partial charge in [-0.15, -0.1) is 23.1 Å². The summed E-state index contributed by atoms with van der Waals surface area (Å²) in [6, 6.07) is 8.42. The Hall–Kier alpha value is -1.00. The fourth-order valence-corrected chi connectivity index (χ4v) is 2.90. The third-order valence-corrected chi connectivity index (χ3v) is 3.89. The highest BCUT2D eigenvalue weighted by molar-refractivity contribution is 7.99. The van der Waals surface area contributed by atoms with E-state index in [1.807, 2.05) is 18.7 Å². The number of nitrogens with two attached hydrogens (primary N) is 1. The van der Waals surface area contributed by atoms with Crippen molar-refractivity contribution in [2.75, 3.05) is 11.5 Å². The van der Waals surface area contributed by atoms with E-state index in [4.69, 9.17) is 5.73 Å². The molecule has 2 rings (SSSR count). The zero-order chi connectivity index (χ0) is 11.5. The molecule has 0 atom stereocenters. The molecule has 0 spiro atoms. The van der Waals surface area contributed by atoms with Crippen molar-refractivity contribution in [2.24, 2.45) is 0 Å². The minimum absolute atomic E-state index is 0.799. The molecule has 16 heavy (non-hydrogen) atoms. The molecule has 1 aromatic heterocycles. The van der Waals surface area contributed by atoms with Crippen LogP contribution in [0.15, 0.2) is 29.2 Å². The number of benzene rings is 1. The second-order valence-electron chi connectivity index (χ2n) is 3.40. The van der Waals surface area contributed by atoms with Gasteiger partial charge in [0.2, 0.25) is 0 Å². The molecular formula is C12H14N2S2. The summed E-state index contributed by atoms with van der Waals surface area (Å²) in [7, 11) is 0. The van der Waals surface area contributed by atoms with Crippen LogP contribution < -0.4 is 5.73 Å². The zero-order valence-corrected chi connectivity index (χ0v) is 11.0. The Labute approximate surface area is 104 Å². The lowest BCUT2D eigenvalue weighted by atomic mass is 10.2. The minimum atomic E-state index is 0.799. The Morgan fingerprint density at radius 2 is 2.00 bits per heavy atom. The van der Waals surface area contributed by atoms with Crippen molar-refractivity contribution < 1.29 is 0 Å². The average Bonchev–Trinajstić information content (AvgIpc) is 2.59. The summed E-state index contributed by atoms with van der Waals surface area (Å²) in [6.45, 7) is 4.13. The van der Waals surface area contributed by atoms with E-state index >= 15 is 0 Å². The molecule has 0 fully saturated rings. The van der Waals surface area contributed by atoms with Crippen LogP contribution in [0.25, 0.3) is 11.3 Å². The van der Waals surface area contributed by atoms with Crippen LogP contribution in [0.2, 0.25) is 0 Å². The maximum Gasteiger partial charge on any atom is 0.114 e. The van der Waals surface area contributed by atoms with E-state index in [1.165, 1.54) is 16.2 Å². The molecule has 1 heterocycles. The lowest BCUT2D eigenvalue weighted by Gasteiger charge is -2.01. The lowest BCUT2D eigenvalue weighted by molar-refractivity contribution is 1.29. The van der Waals surface area contributed by atoms with Crippen LogP contribution in [0.4, 0.5) is 5.00 Å². The van der Waals surface area contributed by atoms with Gasteiger partial charge in [0.1, 0.15) is 10.7 Å². The number of aromatic nitrogens is 1. The molecule has 0 radical (unpaired) electrons. The van der Waals surface area contributed by atoms with Gasteiger partial charge in [0.05, 0.1) is 5.01 Å². The maximum atomic E-state index is 5.92. The predicted molar refractivity (Wildman–Crippen MR) is 73.1 cm³/mol. The van der Waals surface area contributed by atoms with Crippen LogP contribution in [0.5, 0.6) is 0 Å². The third-order valence-electron chi connectivity index (χ3n) is 2.20. The van der Waals surface area contributed by atoms with Gasteiger partial charge in [-0.1, -0.05) is 19.1 Å². The van der Waals surface area contributed by atoms with E-state index in [-0.39, 0.29) is 0 Å². The first kappa shape index (κ1) is 11.5. The largest absolute Gasteiger partial charge is 0.389 e. The summed E-state index contributed by atoms with van der Waals surface area (Å²) >= 11 is 3.38. The Morgan fingerprint density at radius 1 is 1.31 bits per heavy atom. The molecule has 2 N–H and O–H groups in total. The lowest BCUT2D eigenvalue weighted by Crippen LogP contribution is -1.85. The molecule has 0 saturated heterocycles. The fraction of sp³-hybridized carbons (Fsp3) is 0.250. The number of nitrogen functional groups attached to an aromatic ring is 1. The van der Waals surface area contributed by atoms with Crippen LogP contribution >= 0.6 is 23.1 Å². The summed E-state index contributed by atoms with van der Waals surface area (Å²) in [6.07, 6.45) is 0. The van der Waals surface area contributed by atoms with Crippen molar-refractivity contribution in [1.82, 2.24) is 4.98 Å². The number of rotatable bonds is 3. The molecular weight excluding hydrogens is 236 g/mol. The van der Waals surface area contributed by atoms with Crippen molar-refractivity contribution in [3.63, 3.8) is 0 Å². The summed E-state index contributed by atoms with van der Waals surface area (Å²) < 4.78 is 0. The number of nitrogens with zero attached hydrogens (tertiary/aromatic N) is 1. The molecule has 0 aliphatic carbocycles. The molecule has 0 unspecified atom stereocenters. The van der Waals surface area contributed by atoms with E-state index in [2.05, 4.69) is 36.2 Å². The number of thiazole rings is 1. The van der Waals surface area contributed by atoms with Gasteiger partial charge in [-0.2, -0.15) is 0 Å². The highest BCUT2D eigenvalue weighted by Crippen LogP contribution is 2.31. The summed E-state index contributed by atoms with van der Waals surface area (Å²) in [5, 5.41) is 1.81. The molecule has 0 saturated carbocycles. The maximum absolute atomic E-state index is 5.92. The minimum Gasteiger partial charge on any atom is -0.389 e. The molecule has 0 amide bonds. The number of hydrogen-bond donors (Lipinski definition) is 1. The van der Waals surface area contributed by atoms with E-state index in [1.54, 1.807) is 0 Å². The van der Waals surface area contributed by atoms with Crippen molar-refractivity contribution >= 4 is 28.1 Å². The Balaban J connectivity index is 2.31. The van der Waals surface area contributed by atoms with Crippen LogP contribution in [0, 0.1) is 6.92 Å². The van der Waals surface area contributed by atoms with Gasteiger partial charge in [-0.3, -0.25) is 0 Å². The Kier molecular flexibility index (Phi) is 3.51. The number of aryl methyl sites for hydroxylation is 1. The fourth-order valence-electron chi connectivity index (χ4n) is 1.53. The smallest absolute Gasteiger partial charge is 0.114 e. The normalized spacial score (nSPS) is 10.6.